The van der Waals surface area contributed by atoms with Crippen LogP contribution in [0.3, 0.4) is 0 Å². The third-order valence-electron chi connectivity index (χ3n) is 2.67. The fourth-order valence-electron chi connectivity index (χ4n) is 1.65. The Bertz CT molecular complexity index is 552. The van der Waals surface area contributed by atoms with Crippen LogP contribution in [0.25, 0.3) is 0 Å². The third kappa shape index (κ3) is 3.99. The van der Waals surface area contributed by atoms with Crippen LogP contribution in [0, 0.1) is 5.82 Å². The number of anilines is 1. The average molecular weight is 275 g/mol. The van der Waals surface area contributed by atoms with Crippen molar-refractivity contribution in [3.05, 3.63) is 59.7 Å². The molecule has 3 nitrogen and oxygen atoms in total. The van der Waals surface area contributed by atoms with E-state index in [0.29, 0.717) is 5.69 Å². The zero-order chi connectivity index (χ0) is 13.7. The molecular formula is C14H14FN3S. The van der Waals surface area contributed by atoms with E-state index < -0.39 is 0 Å². The van der Waals surface area contributed by atoms with Crippen molar-refractivity contribution < 1.29 is 4.39 Å². The van der Waals surface area contributed by atoms with Gasteiger partial charge in [-0.2, -0.15) is 0 Å². The fourth-order valence-corrected chi connectivity index (χ4v) is 1.77. The van der Waals surface area contributed by atoms with E-state index in [0.717, 1.165) is 24.2 Å². The first kappa shape index (κ1) is 13.4. The number of nitrogens with two attached hydrogens (primary N) is 1. The highest BCUT2D eigenvalue weighted by Gasteiger charge is 1.98. The number of pyridine rings is 1. The highest BCUT2D eigenvalue weighted by atomic mass is 32.1. The standard InChI is InChI=1S/C14H14FN3S/c15-11-3-1-10(2-4-11)7-8-17-12-5-6-13(14(16)19)18-9-12/h1-6,9,17H,7-8H2,(H2,16,19). The highest BCUT2D eigenvalue weighted by molar-refractivity contribution is 7.80. The fraction of sp³-hybridized carbons (Fsp3) is 0.143. The number of nitrogens with zero attached hydrogens (tertiary/aromatic N) is 1. The predicted octanol–water partition coefficient (Wildman–Crippen LogP) is 2.51. The average Bonchev–Trinajstić information content (AvgIpc) is 2.41. The first-order chi connectivity index (χ1) is 9.15. The quantitative estimate of drug-likeness (QED) is 0.823. The van der Waals surface area contributed by atoms with Crippen molar-refractivity contribution in [2.75, 3.05) is 11.9 Å². The minimum Gasteiger partial charge on any atom is -0.388 e. The Morgan fingerprint density at radius 1 is 1.21 bits per heavy atom. The Balaban J connectivity index is 1.85. The molecule has 19 heavy (non-hydrogen) atoms. The van der Waals surface area contributed by atoms with Crippen molar-refractivity contribution in [2.24, 2.45) is 5.73 Å². The largest absolute Gasteiger partial charge is 0.388 e. The van der Waals surface area contributed by atoms with Crippen LogP contribution in [0.15, 0.2) is 42.6 Å². The summed E-state index contributed by atoms with van der Waals surface area (Å²) >= 11 is 4.83. The Labute approximate surface area is 116 Å². The van der Waals surface area contributed by atoms with Crippen LogP contribution in [0.1, 0.15) is 11.3 Å². The van der Waals surface area contributed by atoms with Gasteiger partial charge in [0.2, 0.25) is 0 Å². The first-order valence-corrected chi connectivity index (χ1v) is 6.30. The number of thiocarbonyl (C=S) groups is 1. The maximum absolute atomic E-state index is 12.7. The van der Waals surface area contributed by atoms with Crippen molar-refractivity contribution in [1.29, 1.82) is 0 Å². The van der Waals surface area contributed by atoms with Gasteiger partial charge in [0, 0.05) is 6.54 Å². The Morgan fingerprint density at radius 2 is 1.95 bits per heavy atom. The third-order valence-corrected chi connectivity index (χ3v) is 2.88. The van der Waals surface area contributed by atoms with Crippen LogP contribution in [0.5, 0.6) is 0 Å². The van der Waals surface area contributed by atoms with Gasteiger partial charge < -0.3 is 11.1 Å². The molecule has 1 heterocycles. The molecule has 0 aliphatic heterocycles. The molecule has 0 aliphatic carbocycles. The predicted molar refractivity (Wildman–Crippen MR) is 78.7 cm³/mol. The number of benzene rings is 1. The second-order valence-electron chi connectivity index (χ2n) is 4.10. The van der Waals surface area contributed by atoms with E-state index in [9.17, 15) is 4.39 Å². The van der Waals surface area contributed by atoms with E-state index in [-0.39, 0.29) is 10.8 Å². The molecule has 0 saturated carbocycles. The molecule has 3 N–H and O–H groups in total. The van der Waals surface area contributed by atoms with Crippen LogP contribution >= 0.6 is 12.2 Å². The molecule has 0 atom stereocenters. The van der Waals surface area contributed by atoms with E-state index in [1.165, 1.54) is 12.1 Å². The SMILES string of the molecule is NC(=S)c1ccc(NCCc2ccc(F)cc2)cn1. The summed E-state index contributed by atoms with van der Waals surface area (Å²) in [6.07, 6.45) is 2.51. The highest BCUT2D eigenvalue weighted by Crippen LogP contribution is 2.08. The number of halogens is 1. The molecule has 1 aromatic carbocycles. The summed E-state index contributed by atoms with van der Waals surface area (Å²) in [5, 5.41) is 3.23. The van der Waals surface area contributed by atoms with Gasteiger partial charge >= 0.3 is 0 Å². The number of aromatic nitrogens is 1. The van der Waals surface area contributed by atoms with Crippen molar-refractivity contribution in [3.63, 3.8) is 0 Å². The van der Waals surface area contributed by atoms with Gasteiger partial charge in [0.05, 0.1) is 17.6 Å². The Morgan fingerprint density at radius 3 is 2.53 bits per heavy atom. The van der Waals surface area contributed by atoms with E-state index in [1.807, 2.05) is 6.07 Å². The monoisotopic (exact) mass is 275 g/mol. The molecular weight excluding hydrogens is 261 g/mol. The minimum atomic E-state index is -0.214. The lowest BCUT2D eigenvalue weighted by Gasteiger charge is -2.06. The van der Waals surface area contributed by atoms with Crippen molar-refractivity contribution in [3.8, 4) is 0 Å². The summed E-state index contributed by atoms with van der Waals surface area (Å²) in [4.78, 5) is 4.43. The second-order valence-corrected chi connectivity index (χ2v) is 4.54. The molecule has 0 fully saturated rings. The van der Waals surface area contributed by atoms with Gasteiger partial charge in [-0.3, -0.25) is 4.98 Å². The topological polar surface area (TPSA) is 50.9 Å². The molecule has 0 bridgehead atoms. The summed E-state index contributed by atoms with van der Waals surface area (Å²) < 4.78 is 12.7. The zero-order valence-electron chi connectivity index (χ0n) is 10.3. The number of rotatable bonds is 5. The lowest BCUT2D eigenvalue weighted by molar-refractivity contribution is 0.627. The van der Waals surface area contributed by atoms with Crippen LogP contribution in [-0.2, 0) is 6.42 Å². The minimum absolute atomic E-state index is 0.214. The molecule has 0 saturated heterocycles. The Kier molecular flexibility index (Phi) is 4.41. The maximum atomic E-state index is 12.7. The van der Waals surface area contributed by atoms with Crippen LogP contribution in [0.4, 0.5) is 10.1 Å². The van der Waals surface area contributed by atoms with Gasteiger partial charge in [0.1, 0.15) is 10.8 Å². The molecule has 2 aromatic rings. The summed E-state index contributed by atoms with van der Waals surface area (Å²) in [5.41, 5.74) is 8.07. The smallest absolute Gasteiger partial charge is 0.123 e. The zero-order valence-corrected chi connectivity index (χ0v) is 11.1. The maximum Gasteiger partial charge on any atom is 0.123 e. The molecule has 98 valence electrons. The first-order valence-electron chi connectivity index (χ1n) is 5.89. The number of hydrogen-bond donors (Lipinski definition) is 2. The molecule has 0 unspecified atom stereocenters. The van der Waals surface area contributed by atoms with Crippen molar-refractivity contribution >= 4 is 22.9 Å². The lowest BCUT2D eigenvalue weighted by Crippen LogP contribution is -2.12. The molecule has 2 rings (SSSR count). The van der Waals surface area contributed by atoms with E-state index in [4.69, 9.17) is 18.0 Å². The van der Waals surface area contributed by atoms with Gasteiger partial charge in [-0.05, 0) is 36.2 Å². The van der Waals surface area contributed by atoms with E-state index in [2.05, 4.69) is 10.3 Å². The molecule has 0 amide bonds. The summed E-state index contributed by atoms with van der Waals surface area (Å²) in [5.74, 6) is -0.214. The number of hydrogen-bond acceptors (Lipinski definition) is 3. The van der Waals surface area contributed by atoms with Crippen LogP contribution < -0.4 is 11.1 Å². The van der Waals surface area contributed by atoms with Gasteiger partial charge in [-0.25, -0.2) is 4.39 Å². The normalized spacial score (nSPS) is 10.2. The molecule has 1 aromatic heterocycles. The summed E-state index contributed by atoms with van der Waals surface area (Å²) in [6, 6.07) is 10.2. The van der Waals surface area contributed by atoms with Crippen molar-refractivity contribution in [2.45, 2.75) is 6.42 Å². The second kappa shape index (κ2) is 6.24. The van der Waals surface area contributed by atoms with Gasteiger partial charge in [0.25, 0.3) is 0 Å². The van der Waals surface area contributed by atoms with Gasteiger partial charge in [0.15, 0.2) is 0 Å². The molecule has 5 heteroatoms. The van der Waals surface area contributed by atoms with Gasteiger partial charge in [-0.1, -0.05) is 24.4 Å². The van der Waals surface area contributed by atoms with E-state index in [1.54, 1.807) is 24.4 Å². The number of nitrogens with one attached hydrogen (secondary N) is 1. The van der Waals surface area contributed by atoms with Gasteiger partial charge in [-0.15, -0.1) is 0 Å². The molecule has 0 radical (unpaired) electrons. The van der Waals surface area contributed by atoms with Crippen molar-refractivity contribution in [1.82, 2.24) is 4.98 Å². The van der Waals surface area contributed by atoms with E-state index >= 15 is 0 Å². The Hall–Kier alpha value is -2.01. The molecule has 0 spiro atoms. The summed E-state index contributed by atoms with van der Waals surface area (Å²) in [6.45, 7) is 0.750. The summed E-state index contributed by atoms with van der Waals surface area (Å²) in [7, 11) is 0. The molecule has 0 aliphatic rings. The van der Waals surface area contributed by atoms with Crippen LogP contribution in [-0.4, -0.2) is 16.5 Å². The van der Waals surface area contributed by atoms with Crippen LogP contribution in [0.2, 0.25) is 0 Å². The lowest BCUT2D eigenvalue weighted by atomic mass is 10.1.